The number of aliphatic carboxylic acids is 1. The molecule has 0 amide bonds. The monoisotopic (exact) mass is 182 g/mol. The first-order valence-electron chi connectivity index (χ1n) is 3.04. The lowest BCUT2D eigenvalue weighted by Gasteiger charge is -1.98. The molecule has 1 N–H and O–H groups in total. The van der Waals surface area contributed by atoms with E-state index in [-0.39, 0.29) is 12.4 Å². The highest BCUT2D eigenvalue weighted by molar-refractivity contribution is 5.90. The molecule has 0 aromatic carbocycles. The van der Waals surface area contributed by atoms with Gasteiger partial charge in [-0.25, -0.2) is 0 Å². The first-order valence-corrected chi connectivity index (χ1v) is 3.04. The van der Waals surface area contributed by atoms with E-state index in [2.05, 4.69) is 4.74 Å². The molecule has 0 atom stereocenters. The maximum atomic E-state index is 10.4. The fraction of sp³-hybridized carbons (Fsp3) is 0.667. The van der Waals surface area contributed by atoms with E-state index in [4.69, 9.17) is 5.11 Å². The van der Waals surface area contributed by atoms with E-state index >= 15 is 0 Å². The van der Waals surface area contributed by atoms with Gasteiger partial charge in [-0.3, -0.25) is 9.59 Å². The largest absolute Gasteiger partial charge is 0.481 e. The van der Waals surface area contributed by atoms with Crippen molar-refractivity contribution in [1.82, 2.24) is 0 Å². The Morgan fingerprint density at radius 3 is 2.36 bits per heavy atom. The third kappa shape index (κ3) is 9.23. The van der Waals surface area contributed by atoms with Crippen molar-refractivity contribution in [3.05, 3.63) is 0 Å². The zero-order valence-corrected chi connectivity index (χ0v) is 7.02. The molecule has 0 heterocycles. The number of carboxylic acids is 1. The summed E-state index contributed by atoms with van der Waals surface area (Å²) in [5, 5.41) is 8.08. The number of halogens is 1. The molecule has 0 saturated carbocycles. The molecule has 0 aliphatic rings. The predicted octanol–water partition coefficient (Wildman–Crippen LogP) is 0.836. The summed E-state index contributed by atoms with van der Waals surface area (Å²) in [5.74, 6) is -1.82. The Bertz CT molecular complexity index is 135. The molecule has 0 saturated heterocycles. The molecule has 5 heteroatoms. The zero-order valence-electron chi connectivity index (χ0n) is 6.20. The molecule has 4 nitrogen and oxygen atoms in total. The lowest BCUT2D eigenvalue weighted by Crippen LogP contribution is -2.10. The molecule has 0 bridgehead atoms. The van der Waals surface area contributed by atoms with Crippen LogP contribution in [-0.2, 0) is 14.3 Å². The van der Waals surface area contributed by atoms with E-state index in [9.17, 15) is 9.59 Å². The Labute approximate surface area is 70.9 Å². The summed E-state index contributed by atoms with van der Waals surface area (Å²) in [6.45, 7) is 2.14. The zero-order chi connectivity index (χ0) is 7.98. The summed E-state index contributed by atoms with van der Waals surface area (Å²) in [7, 11) is 0. The van der Waals surface area contributed by atoms with Crippen LogP contribution in [0.15, 0.2) is 0 Å². The summed E-state index contributed by atoms with van der Waals surface area (Å²) in [4.78, 5) is 20.3. The number of hydrogen-bond donors (Lipinski definition) is 1. The van der Waals surface area contributed by atoms with Crippen LogP contribution in [0.3, 0.4) is 0 Å². The molecule has 0 unspecified atom stereocenters. The fourth-order valence-corrected chi connectivity index (χ4v) is 0.390. The van der Waals surface area contributed by atoms with Gasteiger partial charge in [-0.1, -0.05) is 6.92 Å². The van der Waals surface area contributed by atoms with E-state index in [0.717, 1.165) is 0 Å². The van der Waals surface area contributed by atoms with Crippen LogP contribution in [-0.4, -0.2) is 23.7 Å². The minimum absolute atomic E-state index is 0. The Kier molecular flexibility index (Phi) is 8.58. The van der Waals surface area contributed by atoms with Crippen molar-refractivity contribution in [3.8, 4) is 0 Å². The molecule has 0 rings (SSSR count). The minimum atomic E-state index is -1.15. The van der Waals surface area contributed by atoms with Gasteiger partial charge in [-0.2, -0.15) is 0 Å². The molecule has 0 aliphatic heterocycles. The third-order valence-corrected chi connectivity index (χ3v) is 0.763. The fourth-order valence-electron chi connectivity index (χ4n) is 0.390. The normalized spacial score (nSPS) is 8.09. The second-order valence-electron chi connectivity index (χ2n) is 1.79. The van der Waals surface area contributed by atoms with Crippen LogP contribution in [0.5, 0.6) is 0 Å². The van der Waals surface area contributed by atoms with Crippen LogP contribution < -0.4 is 0 Å². The Morgan fingerprint density at radius 1 is 1.45 bits per heavy atom. The maximum absolute atomic E-state index is 10.4. The Balaban J connectivity index is 0. The van der Waals surface area contributed by atoms with Crippen molar-refractivity contribution >= 4 is 24.3 Å². The molecule has 0 radical (unpaired) electrons. The number of carboxylic acid groups (broad SMARTS) is 1. The summed E-state index contributed by atoms with van der Waals surface area (Å²) in [5.41, 5.74) is 0. The second-order valence-corrected chi connectivity index (χ2v) is 1.79. The van der Waals surface area contributed by atoms with E-state index in [1.54, 1.807) is 0 Å². The average molecular weight is 183 g/mol. The number of hydrogen-bond acceptors (Lipinski definition) is 3. The molecular weight excluding hydrogens is 172 g/mol. The molecule has 0 spiro atoms. The van der Waals surface area contributed by atoms with Gasteiger partial charge in [0.25, 0.3) is 0 Å². The van der Waals surface area contributed by atoms with E-state index in [0.29, 0.717) is 13.0 Å². The van der Waals surface area contributed by atoms with Crippen molar-refractivity contribution in [2.75, 3.05) is 6.61 Å². The molecule has 0 aromatic rings. The van der Waals surface area contributed by atoms with Gasteiger partial charge in [-0.15, -0.1) is 12.4 Å². The highest BCUT2D eigenvalue weighted by atomic mass is 35.5. The van der Waals surface area contributed by atoms with Crippen molar-refractivity contribution in [2.24, 2.45) is 0 Å². The smallest absolute Gasteiger partial charge is 0.317 e. The van der Waals surface area contributed by atoms with Gasteiger partial charge in [0.05, 0.1) is 6.61 Å². The average Bonchev–Trinajstić information content (AvgIpc) is 1.82. The van der Waals surface area contributed by atoms with Gasteiger partial charge in [0.1, 0.15) is 6.42 Å². The van der Waals surface area contributed by atoms with E-state index in [1.807, 2.05) is 6.92 Å². The molecular formula is C6H11ClO4. The van der Waals surface area contributed by atoms with Crippen molar-refractivity contribution < 1.29 is 19.4 Å². The van der Waals surface area contributed by atoms with Crippen LogP contribution >= 0.6 is 12.4 Å². The predicted molar refractivity (Wildman–Crippen MR) is 40.8 cm³/mol. The summed E-state index contributed by atoms with van der Waals surface area (Å²) in [6, 6.07) is 0. The lowest BCUT2D eigenvalue weighted by atomic mass is 10.4. The van der Waals surface area contributed by atoms with Gasteiger partial charge in [0, 0.05) is 0 Å². The maximum Gasteiger partial charge on any atom is 0.317 e. The third-order valence-electron chi connectivity index (χ3n) is 0.763. The topological polar surface area (TPSA) is 63.6 Å². The summed E-state index contributed by atoms with van der Waals surface area (Å²) in [6.07, 6.45) is 0.172. The number of rotatable bonds is 4. The van der Waals surface area contributed by atoms with Crippen LogP contribution in [0, 0.1) is 0 Å². The Hall–Kier alpha value is -0.770. The van der Waals surface area contributed by atoms with Gasteiger partial charge >= 0.3 is 11.9 Å². The number of carbonyl (C=O) groups excluding carboxylic acids is 1. The van der Waals surface area contributed by atoms with E-state index in [1.165, 1.54) is 0 Å². The van der Waals surface area contributed by atoms with Crippen LogP contribution in [0.25, 0.3) is 0 Å². The minimum Gasteiger partial charge on any atom is -0.481 e. The molecule has 66 valence electrons. The van der Waals surface area contributed by atoms with Crippen molar-refractivity contribution in [2.45, 2.75) is 19.8 Å². The first-order chi connectivity index (χ1) is 4.66. The lowest BCUT2D eigenvalue weighted by molar-refractivity contribution is -0.151. The van der Waals surface area contributed by atoms with Gasteiger partial charge < -0.3 is 9.84 Å². The van der Waals surface area contributed by atoms with Crippen molar-refractivity contribution in [3.63, 3.8) is 0 Å². The van der Waals surface area contributed by atoms with Crippen LogP contribution in [0.2, 0.25) is 0 Å². The van der Waals surface area contributed by atoms with Gasteiger partial charge in [0.15, 0.2) is 0 Å². The SMILES string of the molecule is CCCOC(=O)CC(=O)O.Cl. The van der Waals surface area contributed by atoms with Gasteiger partial charge in [0.2, 0.25) is 0 Å². The van der Waals surface area contributed by atoms with Crippen LogP contribution in [0.4, 0.5) is 0 Å². The second kappa shape index (κ2) is 7.34. The highest BCUT2D eigenvalue weighted by Gasteiger charge is 2.06. The number of esters is 1. The number of carbonyl (C=O) groups is 2. The summed E-state index contributed by atoms with van der Waals surface area (Å²) >= 11 is 0. The molecule has 11 heavy (non-hydrogen) atoms. The first kappa shape index (κ1) is 12.9. The van der Waals surface area contributed by atoms with Crippen LogP contribution in [0.1, 0.15) is 19.8 Å². The quantitative estimate of drug-likeness (QED) is 0.517. The molecule has 0 aromatic heterocycles. The molecule has 0 fully saturated rings. The molecule has 0 aliphatic carbocycles. The Morgan fingerprint density at radius 2 is 2.00 bits per heavy atom. The van der Waals surface area contributed by atoms with Crippen molar-refractivity contribution in [1.29, 1.82) is 0 Å². The standard InChI is InChI=1S/C6H10O4.ClH/c1-2-3-10-6(9)4-5(7)8;/h2-4H2,1H3,(H,7,8);1H. The highest BCUT2D eigenvalue weighted by Crippen LogP contribution is 1.87. The number of ether oxygens (including phenoxy) is 1. The van der Waals surface area contributed by atoms with Gasteiger partial charge in [-0.05, 0) is 6.42 Å². The summed E-state index contributed by atoms with van der Waals surface area (Å²) < 4.78 is 4.48. The van der Waals surface area contributed by atoms with E-state index < -0.39 is 18.4 Å².